The minimum atomic E-state index is -1.13. The Bertz CT molecular complexity index is 231. The van der Waals surface area contributed by atoms with Crippen molar-refractivity contribution in [2.75, 3.05) is 13.2 Å². The standard InChI is InChI=1S/C11H20O4/c1-3-10(2,9(12)13)11(14)5-4-7-15-8-6-11/h14H,3-8H2,1-2H3,(H,12,13). The first kappa shape index (κ1) is 12.5. The van der Waals surface area contributed by atoms with E-state index in [0.29, 0.717) is 32.5 Å². The summed E-state index contributed by atoms with van der Waals surface area (Å²) in [5.74, 6) is -0.922. The molecular formula is C11H20O4. The summed E-state index contributed by atoms with van der Waals surface area (Å²) in [5.41, 5.74) is -2.20. The van der Waals surface area contributed by atoms with Gasteiger partial charge in [-0.05, 0) is 26.2 Å². The lowest BCUT2D eigenvalue weighted by atomic mass is 9.68. The second-order valence-electron chi connectivity index (χ2n) is 4.49. The molecule has 0 aromatic carbocycles. The molecule has 0 radical (unpaired) electrons. The fourth-order valence-electron chi connectivity index (χ4n) is 2.17. The van der Waals surface area contributed by atoms with Crippen molar-refractivity contribution < 1.29 is 19.7 Å². The zero-order valence-electron chi connectivity index (χ0n) is 9.45. The molecule has 1 aliphatic heterocycles. The first-order chi connectivity index (χ1) is 6.96. The number of rotatable bonds is 3. The lowest BCUT2D eigenvalue weighted by Crippen LogP contribution is -2.51. The van der Waals surface area contributed by atoms with Crippen molar-refractivity contribution in [3.8, 4) is 0 Å². The summed E-state index contributed by atoms with van der Waals surface area (Å²) < 4.78 is 5.26. The Hall–Kier alpha value is -0.610. The van der Waals surface area contributed by atoms with Gasteiger partial charge in [0.15, 0.2) is 0 Å². The van der Waals surface area contributed by atoms with Crippen LogP contribution in [0.1, 0.15) is 39.5 Å². The number of ether oxygens (including phenoxy) is 1. The molecule has 0 saturated carbocycles. The van der Waals surface area contributed by atoms with Crippen LogP contribution in [0, 0.1) is 5.41 Å². The molecule has 2 atom stereocenters. The number of hydrogen-bond donors (Lipinski definition) is 2. The molecule has 0 amide bonds. The van der Waals surface area contributed by atoms with Crippen molar-refractivity contribution in [3.05, 3.63) is 0 Å². The molecule has 1 saturated heterocycles. The van der Waals surface area contributed by atoms with Gasteiger partial charge >= 0.3 is 5.97 Å². The van der Waals surface area contributed by atoms with Gasteiger partial charge in [0.2, 0.25) is 0 Å². The van der Waals surface area contributed by atoms with Crippen LogP contribution in [0.2, 0.25) is 0 Å². The van der Waals surface area contributed by atoms with E-state index in [0.717, 1.165) is 6.42 Å². The Balaban J connectivity index is 2.93. The maximum Gasteiger partial charge on any atom is 0.312 e. The van der Waals surface area contributed by atoms with Crippen LogP contribution in [-0.4, -0.2) is 35.0 Å². The minimum Gasteiger partial charge on any atom is -0.481 e. The van der Waals surface area contributed by atoms with E-state index in [2.05, 4.69) is 0 Å². The lowest BCUT2D eigenvalue weighted by molar-refractivity contribution is -0.170. The molecule has 0 aliphatic carbocycles. The van der Waals surface area contributed by atoms with Gasteiger partial charge < -0.3 is 14.9 Å². The summed E-state index contributed by atoms with van der Waals surface area (Å²) in [7, 11) is 0. The van der Waals surface area contributed by atoms with E-state index < -0.39 is 17.0 Å². The smallest absolute Gasteiger partial charge is 0.312 e. The van der Waals surface area contributed by atoms with Gasteiger partial charge in [-0.1, -0.05) is 6.92 Å². The summed E-state index contributed by atoms with van der Waals surface area (Å²) in [5, 5.41) is 19.7. The van der Waals surface area contributed by atoms with Crippen LogP contribution in [0.25, 0.3) is 0 Å². The molecule has 0 bridgehead atoms. The third kappa shape index (κ3) is 2.16. The molecule has 1 heterocycles. The van der Waals surface area contributed by atoms with Gasteiger partial charge in [0, 0.05) is 19.6 Å². The lowest BCUT2D eigenvalue weighted by Gasteiger charge is -2.40. The Morgan fingerprint density at radius 2 is 2.13 bits per heavy atom. The van der Waals surface area contributed by atoms with Crippen LogP contribution in [-0.2, 0) is 9.53 Å². The van der Waals surface area contributed by atoms with Crippen molar-refractivity contribution in [1.82, 2.24) is 0 Å². The van der Waals surface area contributed by atoms with Crippen LogP contribution in [0.5, 0.6) is 0 Å². The van der Waals surface area contributed by atoms with Crippen molar-refractivity contribution >= 4 is 5.97 Å². The number of carbonyl (C=O) groups is 1. The predicted molar refractivity (Wildman–Crippen MR) is 55.7 cm³/mol. The molecule has 0 aromatic rings. The number of aliphatic hydroxyl groups is 1. The van der Waals surface area contributed by atoms with E-state index in [1.807, 2.05) is 0 Å². The van der Waals surface area contributed by atoms with Crippen molar-refractivity contribution in [2.45, 2.75) is 45.1 Å². The predicted octanol–water partition coefficient (Wildman–Crippen LogP) is 1.42. The second kappa shape index (κ2) is 4.49. The normalized spacial score (nSPS) is 31.7. The van der Waals surface area contributed by atoms with Gasteiger partial charge in [0.05, 0.1) is 11.0 Å². The highest BCUT2D eigenvalue weighted by Crippen LogP contribution is 2.41. The monoisotopic (exact) mass is 216 g/mol. The molecule has 1 rings (SSSR count). The summed E-state index contributed by atoms with van der Waals surface area (Å²) in [6.07, 6.45) is 2.06. The molecule has 0 spiro atoms. The van der Waals surface area contributed by atoms with Crippen LogP contribution >= 0.6 is 0 Å². The number of hydrogen-bond acceptors (Lipinski definition) is 3. The van der Waals surface area contributed by atoms with Gasteiger partial charge in [-0.25, -0.2) is 0 Å². The zero-order chi connectivity index (χ0) is 11.5. The van der Waals surface area contributed by atoms with Crippen LogP contribution in [0.15, 0.2) is 0 Å². The van der Waals surface area contributed by atoms with Gasteiger partial charge in [-0.15, -0.1) is 0 Å². The Morgan fingerprint density at radius 3 is 2.67 bits per heavy atom. The van der Waals surface area contributed by atoms with E-state index in [1.54, 1.807) is 13.8 Å². The van der Waals surface area contributed by atoms with E-state index in [9.17, 15) is 15.0 Å². The quantitative estimate of drug-likeness (QED) is 0.748. The van der Waals surface area contributed by atoms with Crippen molar-refractivity contribution in [1.29, 1.82) is 0 Å². The largest absolute Gasteiger partial charge is 0.481 e. The molecule has 2 unspecified atom stereocenters. The Morgan fingerprint density at radius 1 is 1.47 bits per heavy atom. The molecular weight excluding hydrogens is 196 g/mol. The Labute approximate surface area is 90.2 Å². The van der Waals surface area contributed by atoms with Crippen LogP contribution in [0.3, 0.4) is 0 Å². The fourth-order valence-corrected chi connectivity index (χ4v) is 2.17. The Kier molecular flexibility index (Phi) is 3.73. The zero-order valence-corrected chi connectivity index (χ0v) is 9.45. The third-order valence-corrected chi connectivity index (χ3v) is 3.75. The van der Waals surface area contributed by atoms with Crippen molar-refractivity contribution in [2.24, 2.45) is 5.41 Å². The molecule has 0 aromatic heterocycles. The molecule has 1 fully saturated rings. The highest BCUT2D eigenvalue weighted by Gasteiger charge is 2.51. The SMILES string of the molecule is CCC(C)(C(=O)O)C1(O)CCCOCC1. The topological polar surface area (TPSA) is 66.8 Å². The first-order valence-electron chi connectivity index (χ1n) is 5.50. The summed E-state index contributed by atoms with van der Waals surface area (Å²) in [4.78, 5) is 11.3. The number of carboxylic acids is 1. The molecule has 1 aliphatic rings. The van der Waals surface area contributed by atoms with Gasteiger partial charge in [0.1, 0.15) is 0 Å². The number of aliphatic carboxylic acids is 1. The molecule has 88 valence electrons. The van der Waals surface area contributed by atoms with E-state index in [1.165, 1.54) is 0 Å². The van der Waals surface area contributed by atoms with Gasteiger partial charge in [-0.3, -0.25) is 4.79 Å². The highest BCUT2D eigenvalue weighted by molar-refractivity contribution is 5.75. The third-order valence-electron chi connectivity index (χ3n) is 3.75. The van der Waals surface area contributed by atoms with Gasteiger partial charge in [-0.2, -0.15) is 0 Å². The van der Waals surface area contributed by atoms with E-state index in [4.69, 9.17) is 4.74 Å². The van der Waals surface area contributed by atoms with E-state index in [-0.39, 0.29) is 0 Å². The van der Waals surface area contributed by atoms with E-state index >= 15 is 0 Å². The molecule has 15 heavy (non-hydrogen) atoms. The molecule has 4 nitrogen and oxygen atoms in total. The first-order valence-corrected chi connectivity index (χ1v) is 5.50. The number of carboxylic acid groups (broad SMARTS) is 1. The average Bonchev–Trinajstić information content (AvgIpc) is 2.42. The van der Waals surface area contributed by atoms with Crippen LogP contribution < -0.4 is 0 Å². The minimum absolute atomic E-state index is 0.406. The summed E-state index contributed by atoms with van der Waals surface area (Å²) in [6.45, 7) is 4.49. The average molecular weight is 216 g/mol. The van der Waals surface area contributed by atoms with Crippen LogP contribution in [0.4, 0.5) is 0 Å². The van der Waals surface area contributed by atoms with Crippen molar-refractivity contribution in [3.63, 3.8) is 0 Å². The fraction of sp³-hybridized carbons (Fsp3) is 0.909. The highest BCUT2D eigenvalue weighted by atomic mass is 16.5. The maximum atomic E-state index is 11.3. The second-order valence-corrected chi connectivity index (χ2v) is 4.49. The molecule has 2 N–H and O–H groups in total. The summed E-state index contributed by atoms with van der Waals surface area (Å²) >= 11 is 0. The maximum absolute atomic E-state index is 11.3. The van der Waals surface area contributed by atoms with Gasteiger partial charge in [0.25, 0.3) is 0 Å². The summed E-state index contributed by atoms with van der Waals surface area (Å²) in [6, 6.07) is 0. The molecule has 4 heteroatoms.